The van der Waals surface area contributed by atoms with Crippen molar-refractivity contribution < 1.29 is 13.9 Å². The molecule has 0 aliphatic carbocycles. The molecule has 0 saturated heterocycles. The second kappa shape index (κ2) is 6.20. The molecular formula is C14H13Cl2NO3. The van der Waals surface area contributed by atoms with E-state index in [9.17, 15) is 4.79 Å². The molecule has 0 atom stereocenters. The molecular weight excluding hydrogens is 301 g/mol. The molecule has 2 rings (SSSR count). The molecule has 0 bridgehead atoms. The highest BCUT2D eigenvalue weighted by Gasteiger charge is 2.15. The first-order valence-electron chi connectivity index (χ1n) is 5.88. The van der Waals surface area contributed by atoms with Crippen LogP contribution in [0.15, 0.2) is 28.7 Å². The van der Waals surface area contributed by atoms with Crippen LogP contribution in [-0.4, -0.2) is 13.1 Å². The predicted octanol–water partition coefficient (Wildman–Crippen LogP) is 4.29. The second-order valence-electron chi connectivity index (χ2n) is 4.12. The Morgan fingerprint density at radius 2 is 2.00 bits per heavy atom. The minimum Gasteiger partial charge on any atom is -0.465 e. The van der Waals surface area contributed by atoms with E-state index in [0.717, 1.165) is 0 Å². The molecule has 1 aromatic carbocycles. The number of halogens is 2. The number of anilines is 1. The lowest BCUT2D eigenvalue weighted by atomic mass is 10.2. The van der Waals surface area contributed by atoms with Crippen molar-refractivity contribution in [3.63, 3.8) is 0 Å². The van der Waals surface area contributed by atoms with Gasteiger partial charge in [-0.15, -0.1) is 0 Å². The van der Waals surface area contributed by atoms with Gasteiger partial charge in [0.1, 0.15) is 17.1 Å². The van der Waals surface area contributed by atoms with Crippen LogP contribution in [-0.2, 0) is 11.3 Å². The topological polar surface area (TPSA) is 51.5 Å². The average Bonchev–Trinajstić information content (AvgIpc) is 2.78. The Hall–Kier alpha value is -1.65. The number of methoxy groups -OCH3 is 1. The van der Waals surface area contributed by atoms with Gasteiger partial charge in [0.15, 0.2) is 0 Å². The first kappa shape index (κ1) is 14.8. The van der Waals surface area contributed by atoms with E-state index in [4.69, 9.17) is 27.6 Å². The number of furan rings is 1. The largest absolute Gasteiger partial charge is 0.465 e. The Balaban J connectivity index is 2.14. The fraction of sp³-hybridized carbons (Fsp3) is 0.214. The third kappa shape index (κ3) is 3.08. The molecule has 0 aliphatic heterocycles. The Kier molecular flexibility index (Phi) is 4.57. The van der Waals surface area contributed by atoms with Crippen LogP contribution < -0.4 is 5.32 Å². The average molecular weight is 314 g/mol. The maximum Gasteiger partial charge on any atom is 0.341 e. The van der Waals surface area contributed by atoms with Crippen molar-refractivity contribution in [3.05, 3.63) is 51.4 Å². The fourth-order valence-electron chi connectivity index (χ4n) is 1.79. The number of rotatable bonds is 4. The molecule has 0 aliphatic rings. The summed E-state index contributed by atoms with van der Waals surface area (Å²) < 4.78 is 10.2. The molecule has 1 N–H and O–H groups in total. The summed E-state index contributed by atoms with van der Waals surface area (Å²) in [5.74, 6) is 0.686. The van der Waals surface area contributed by atoms with Gasteiger partial charge in [0.2, 0.25) is 0 Å². The summed E-state index contributed by atoms with van der Waals surface area (Å²) in [7, 11) is 1.33. The third-order valence-corrected chi connectivity index (χ3v) is 3.41. The highest BCUT2D eigenvalue weighted by molar-refractivity contribution is 6.39. The van der Waals surface area contributed by atoms with Crippen molar-refractivity contribution in [3.8, 4) is 0 Å². The lowest BCUT2D eigenvalue weighted by Gasteiger charge is -2.08. The van der Waals surface area contributed by atoms with Gasteiger partial charge in [-0.2, -0.15) is 0 Å². The van der Waals surface area contributed by atoms with Gasteiger partial charge >= 0.3 is 5.97 Å². The summed E-state index contributed by atoms with van der Waals surface area (Å²) in [6.45, 7) is 2.07. The Morgan fingerprint density at radius 1 is 1.35 bits per heavy atom. The standard InChI is InChI=1S/C14H13Cl2NO3/c1-8-10(14(18)19-2)6-9(20-8)7-17-13-11(15)4-3-5-12(13)16/h3-6,17H,7H2,1-2H3. The van der Waals surface area contributed by atoms with Gasteiger partial charge in [-0.1, -0.05) is 29.3 Å². The Labute approximate surface area is 126 Å². The smallest absolute Gasteiger partial charge is 0.341 e. The molecule has 6 heteroatoms. The molecule has 4 nitrogen and oxygen atoms in total. The van der Waals surface area contributed by atoms with Gasteiger partial charge in [0.25, 0.3) is 0 Å². The second-order valence-corrected chi connectivity index (χ2v) is 4.94. The lowest BCUT2D eigenvalue weighted by molar-refractivity contribution is 0.0599. The minimum absolute atomic E-state index is 0.362. The van der Waals surface area contributed by atoms with Crippen molar-refractivity contribution in [2.24, 2.45) is 0 Å². The van der Waals surface area contributed by atoms with Crippen LogP contribution in [0.5, 0.6) is 0 Å². The van der Waals surface area contributed by atoms with Crippen LogP contribution in [0.1, 0.15) is 21.9 Å². The van der Waals surface area contributed by atoms with Crippen molar-refractivity contribution in [1.29, 1.82) is 0 Å². The van der Waals surface area contributed by atoms with Crippen molar-refractivity contribution >= 4 is 34.9 Å². The predicted molar refractivity (Wildman–Crippen MR) is 78.6 cm³/mol. The number of carbonyl (C=O) groups excluding carboxylic acids is 1. The summed E-state index contributed by atoms with van der Waals surface area (Å²) in [5, 5.41) is 4.13. The van der Waals surface area contributed by atoms with Crippen molar-refractivity contribution in [2.45, 2.75) is 13.5 Å². The zero-order valence-electron chi connectivity index (χ0n) is 11.0. The molecule has 106 valence electrons. The molecule has 1 aromatic heterocycles. The number of nitrogens with one attached hydrogen (secondary N) is 1. The molecule has 0 spiro atoms. The number of ether oxygens (including phenoxy) is 1. The van der Waals surface area contributed by atoms with Crippen LogP contribution in [0.25, 0.3) is 0 Å². The zero-order chi connectivity index (χ0) is 14.7. The number of para-hydroxylation sites is 1. The van der Waals surface area contributed by atoms with E-state index in [2.05, 4.69) is 10.1 Å². The highest BCUT2D eigenvalue weighted by Crippen LogP contribution is 2.30. The van der Waals surface area contributed by atoms with E-state index >= 15 is 0 Å². The molecule has 1 heterocycles. The van der Waals surface area contributed by atoms with E-state index in [-0.39, 0.29) is 0 Å². The SMILES string of the molecule is COC(=O)c1cc(CNc2c(Cl)cccc2Cl)oc1C. The van der Waals surface area contributed by atoms with E-state index in [1.807, 2.05) is 0 Å². The van der Waals surface area contributed by atoms with Gasteiger partial charge < -0.3 is 14.5 Å². The normalized spacial score (nSPS) is 10.4. The first-order valence-corrected chi connectivity index (χ1v) is 6.64. The third-order valence-electron chi connectivity index (χ3n) is 2.78. The van der Waals surface area contributed by atoms with Crippen LogP contribution in [0.2, 0.25) is 10.0 Å². The molecule has 0 radical (unpaired) electrons. The summed E-state index contributed by atoms with van der Waals surface area (Å²) in [4.78, 5) is 11.5. The van der Waals surface area contributed by atoms with Crippen molar-refractivity contribution in [1.82, 2.24) is 0 Å². The number of aryl methyl sites for hydroxylation is 1. The summed E-state index contributed by atoms with van der Waals surface area (Å²) in [6.07, 6.45) is 0. The van der Waals surface area contributed by atoms with E-state index in [0.29, 0.717) is 39.4 Å². The van der Waals surface area contributed by atoms with Gasteiger partial charge in [-0.25, -0.2) is 4.79 Å². The van der Waals surface area contributed by atoms with Crippen LogP contribution >= 0.6 is 23.2 Å². The van der Waals surface area contributed by atoms with Crippen LogP contribution in [0, 0.1) is 6.92 Å². The Bertz CT molecular complexity index is 617. The quantitative estimate of drug-likeness (QED) is 0.855. The van der Waals surface area contributed by atoms with Gasteiger partial charge in [-0.3, -0.25) is 0 Å². The lowest BCUT2D eigenvalue weighted by Crippen LogP contribution is -2.01. The number of carbonyl (C=O) groups is 1. The minimum atomic E-state index is -0.423. The number of benzene rings is 1. The molecule has 0 amide bonds. The van der Waals surface area contributed by atoms with E-state index < -0.39 is 5.97 Å². The number of hydrogen-bond donors (Lipinski definition) is 1. The van der Waals surface area contributed by atoms with Gasteiger partial charge in [0.05, 0.1) is 29.4 Å². The highest BCUT2D eigenvalue weighted by atomic mass is 35.5. The first-order chi connectivity index (χ1) is 9.52. The zero-order valence-corrected chi connectivity index (χ0v) is 12.5. The van der Waals surface area contributed by atoms with Crippen molar-refractivity contribution in [2.75, 3.05) is 12.4 Å². The summed E-state index contributed by atoms with van der Waals surface area (Å²) in [5.41, 5.74) is 1.04. The fourth-order valence-corrected chi connectivity index (χ4v) is 2.32. The molecule has 0 unspecified atom stereocenters. The Morgan fingerprint density at radius 3 is 2.60 bits per heavy atom. The summed E-state index contributed by atoms with van der Waals surface area (Å²) >= 11 is 12.1. The molecule has 0 saturated carbocycles. The molecule has 0 fully saturated rings. The van der Waals surface area contributed by atoms with E-state index in [1.165, 1.54) is 7.11 Å². The molecule has 20 heavy (non-hydrogen) atoms. The van der Waals surface area contributed by atoms with Crippen LogP contribution in [0.4, 0.5) is 5.69 Å². The van der Waals surface area contributed by atoms with Gasteiger partial charge in [-0.05, 0) is 25.1 Å². The monoisotopic (exact) mass is 313 g/mol. The molecule has 2 aromatic rings. The number of hydrogen-bond acceptors (Lipinski definition) is 4. The van der Waals surface area contributed by atoms with E-state index in [1.54, 1.807) is 31.2 Å². The number of esters is 1. The summed E-state index contributed by atoms with van der Waals surface area (Å²) in [6, 6.07) is 6.88. The van der Waals surface area contributed by atoms with Crippen LogP contribution in [0.3, 0.4) is 0 Å². The maximum absolute atomic E-state index is 11.5. The van der Waals surface area contributed by atoms with Gasteiger partial charge in [0, 0.05) is 0 Å². The maximum atomic E-state index is 11.5.